The lowest BCUT2D eigenvalue weighted by Crippen LogP contribution is -2.29. The van der Waals surface area contributed by atoms with E-state index in [0.717, 1.165) is 29.9 Å². The van der Waals surface area contributed by atoms with Gasteiger partial charge in [0.05, 0.1) is 12.2 Å². The van der Waals surface area contributed by atoms with Crippen LogP contribution in [0, 0.1) is 11.7 Å². The normalized spacial score (nSPS) is 13.7. The maximum absolute atomic E-state index is 13.4. The summed E-state index contributed by atoms with van der Waals surface area (Å²) < 4.78 is 18.0. The first kappa shape index (κ1) is 14.0. The topological polar surface area (TPSA) is 89.7 Å². The average Bonchev–Trinajstić information content (AvgIpc) is 3.18. The second-order valence-electron chi connectivity index (χ2n) is 4.54. The van der Waals surface area contributed by atoms with Gasteiger partial charge in [0.15, 0.2) is 5.78 Å². The molecule has 2 rings (SSSR count). The van der Waals surface area contributed by atoms with Crippen LogP contribution in [0.25, 0.3) is 0 Å². The Morgan fingerprint density at radius 2 is 2.10 bits per heavy atom. The predicted octanol–water partition coefficient (Wildman–Crippen LogP) is 1.23. The molecule has 1 aliphatic carbocycles. The van der Waals surface area contributed by atoms with E-state index in [9.17, 15) is 18.8 Å². The molecule has 6 nitrogen and oxygen atoms in total. The van der Waals surface area contributed by atoms with E-state index in [-0.39, 0.29) is 29.7 Å². The lowest BCUT2D eigenvalue weighted by Gasteiger charge is -2.17. The molecular weight excluding hydrogens is 267 g/mol. The maximum atomic E-state index is 13.4. The second-order valence-corrected chi connectivity index (χ2v) is 4.54. The summed E-state index contributed by atoms with van der Waals surface area (Å²) in [6, 6.07) is 3.30. The first-order chi connectivity index (χ1) is 9.49. The van der Waals surface area contributed by atoms with Crippen molar-refractivity contribution < 1.29 is 23.5 Å². The average molecular weight is 280 g/mol. The van der Waals surface area contributed by atoms with Gasteiger partial charge in [-0.05, 0) is 18.9 Å². The molecule has 1 aromatic rings. The molecule has 0 atom stereocenters. The number of halogens is 1. The number of benzene rings is 1. The van der Waals surface area contributed by atoms with Crippen LogP contribution in [-0.4, -0.2) is 24.8 Å². The molecule has 0 unspecified atom stereocenters. The highest BCUT2D eigenvalue weighted by atomic mass is 19.1. The molecule has 20 heavy (non-hydrogen) atoms. The van der Waals surface area contributed by atoms with Crippen LogP contribution in [0.4, 0.5) is 14.9 Å². The number of carbonyl (C=O) groups is 3. The van der Waals surface area contributed by atoms with E-state index in [1.54, 1.807) is 0 Å². The van der Waals surface area contributed by atoms with Crippen molar-refractivity contribution >= 4 is 24.0 Å². The van der Waals surface area contributed by atoms with Gasteiger partial charge in [0.2, 0.25) is 6.41 Å². The number of Topliss-reactive ketones (excluding diaryl/α,β-unsaturated/α-hetero) is 1. The molecule has 1 fully saturated rings. The van der Waals surface area contributed by atoms with E-state index in [0.29, 0.717) is 6.41 Å². The molecule has 0 radical (unpaired) electrons. The predicted molar refractivity (Wildman–Crippen MR) is 67.8 cm³/mol. The fourth-order valence-electron chi connectivity index (χ4n) is 1.78. The first-order valence-electron chi connectivity index (χ1n) is 6.02. The van der Waals surface area contributed by atoms with Crippen LogP contribution < -0.4 is 15.4 Å². The standard InChI is InChI=1S/C13H13FN2O4/c14-9-3-10(5-11(4-9)20-13(15)19)16(7-17)6-12(18)8-1-2-8/h3-5,7-8H,1-2,6H2,(H2,15,19). The minimum atomic E-state index is -1.09. The molecule has 0 aromatic heterocycles. The largest absolute Gasteiger partial charge is 0.410 e. The minimum absolute atomic E-state index is 0.00708. The summed E-state index contributed by atoms with van der Waals surface area (Å²) in [6.45, 7) is -0.131. The Bertz CT molecular complexity index is 557. The molecule has 2 amide bonds. The SMILES string of the molecule is NC(=O)Oc1cc(F)cc(N(C=O)CC(=O)C2CC2)c1. The van der Waals surface area contributed by atoms with Gasteiger partial charge < -0.3 is 15.4 Å². The zero-order chi connectivity index (χ0) is 14.7. The number of nitrogens with zero attached hydrogens (tertiary/aromatic N) is 1. The van der Waals surface area contributed by atoms with Crippen molar-refractivity contribution in [1.29, 1.82) is 0 Å². The number of amides is 2. The number of rotatable bonds is 6. The van der Waals surface area contributed by atoms with Gasteiger partial charge in [0.1, 0.15) is 11.6 Å². The van der Waals surface area contributed by atoms with Crippen LogP contribution in [0.5, 0.6) is 5.75 Å². The lowest BCUT2D eigenvalue weighted by atomic mass is 10.2. The summed E-state index contributed by atoms with van der Waals surface area (Å²) in [5.74, 6) is -0.909. The number of carbonyl (C=O) groups excluding carboxylic acids is 3. The summed E-state index contributed by atoms with van der Waals surface area (Å²) in [5.41, 5.74) is 4.97. The monoisotopic (exact) mass is 280 g/mol. The molecule has 0 bridgehead atoms. The Hall–Kier alpha value is -2.44. The smallest absolute Gasteiger partial charge is 0.409 e. The summed E-state index contributed by atoms with van der Waals surface area (Å²) >= 11 is 0. The van der Waals surface area contributed by atoms with E-state index in [2.05, 4.69) is 4.74 Å². The number of hydrogen-bond acceptors (Lipinski definition) is 4. The van der Waals surface area contributed by atoms with Crippen molar-refractivity contribution in [3.05, 3.63) is 24.0 Å². The Morgan fingerprint density at radius 1 is 1.40 bits per heavy atom. The second kappa shape index (κ2) is 5.68. The van der Waals surface area contributed by atoms with Crippen LogP contribution in [0.1, 0.15) is 12.8 Å². The summed E-state index contributed by atoms with van der Waals surface area (Å²) in [4.78, 5) is 34.5. The first-order valence-corrected chi connectivity index (χ1v) is 6.02. The van der Waals surface area contributed by atoms with Gasteiger partial charge in [0.25, 0.3) is 0 Å². The Kier molecular flexibility index (Phi) is 3.97. The quantitative estimate of drug-likeness (QED) is 0.793. The Morgan fingerprint density at radius 3 is 2.65 bits per heavy atom. The van der Waals surface area contributed by atoms with E-state index < -0.39 is 11.9 Å². The lowest BCUT2D eigenvalue weighted by molar-refractivity contribution is -0.120. The Labute approximate surface area is 114 Å². The van der Waals surface area contributed by atoms with Crippen LogP contribution in [0.3, 0.4) is 0 Å². The number of ketones is 1. The molecule has 1 saturated carbocycles. The molecule has 0 heterocycles. The number of hydrogen-bond donors (Lipinski definition) is 1. The molecule has 1 aliphatic rings. The van der Waals surface area contributed by atoms with Crippen molar-refractivity contribution in [2.45, 2.75) is 12.8 Å². The van der Waals surface area contributed by atoms with Gasteiger partial charge in [0, 0.05) is 18.1 Å². The van der Waals surface area contributed by atoms with Gasteiger partial charge in [-0.3, -0.25) is 9.59 Å². The van der Waals surface area contributed by atoms with E-state index in [4.69, 9.17) is 5.73 Å². The number of nitrogens with two attached hydrogens (primary N) is 1. The molecule has 106 valence electrons. The highest BCUT2D eigenvalue weighted by Gasteiger charge is 2.30. The van der Waals surface area contributed by atoms with Gasteiger partial charge in [-0.25, -0.2) is 9.18 Å². The number of ether oxygens (including phenoxy) is 1. The van der Waals surface area contributed by atoms with Gasteiger partial charge in [-0.1, -0.05) is 0 Å². The van der Waals surface area contributed by atoms with Gasteiger partial charge in [-0.15, -0.1) is 0 Å². The molecular formula is C13H13FN2O4. The number of primary amides is 1. The van der Waals surface area contributed by atoms with Gasteiger partial charge in [-0.2, -0.15) is 0 Å². The van der Waals surface area contributed by atoms with Crippen molar-refractivity contribution in [1.82, 2.24) is 0 Å². The third kappa shape index (κ3) is 3.53. The van der Waals surface area contributed by atoms with E-state index in [1.807, 2.05) is 0 Å². The van der Waals surface area contributed by atoms with Crippen LogP contribution in [0.2, 0.25) is 0 Å². The van der Waals surface area contributed by atoms with E-state index in [1.165, 1.54) is 6.07 Å². The van der Waals surface area contributed by atoms with Crippen LogP contribution in [-0.2, 0) is 9.59 Å². The molecule has 0 saturated heterocycles. The third-order valence-electron chi connectivity index (χ3n) is 2.89. The molecule has 7 heteroatoms. The fourth-order valence-corrected chi connectivity index (χ4v) is 1.78. The Balaban J connectivity index is 2.19. The molecule has 0 spiro atoms. The van der Waals surface area contributed by atoms with Gasteiger partial charge >= 0.3 is 6.09 Å². The van der Waals surface area contributed by atoms with Crippen molar-refractivity contribution in [2.75, 3.05) is 11.4 Å². The summed E-state index contributed by atoms with van der Waals surface area (Å²) in [6.07, 6.45) is 0.992. The molecule has 2 N–H and O–H groups in total. The molecule has 0 aliphatic heterocycles. The van der Waals surface area contributed by atoms with Crippen molar-refractivity contribution in [2.24, 2.45) is 11.7 Å². The minimum Gasteiger partial charge on any atom is -0.410 e. The fraction of sp³-hybridized carbons (Fsp3) is 0.308. The third-order valence-corrected chi connectivity index (χ3v) is 2.89. The summed E-state index contributed by atoms with van der Waals surface area (Å²) in [7, 11) is 0. The number of anilines is 1. The van der Waals surface area contributed by atoms with Crippen LogP contribution in [0.15, 0.2) is 18.2 Å². The van der Waals surface area contributed by atoms with E-state index >= 15 is 0 Å². The highest BCUT2D eigenvalue weighted by Crippen LogP contribution is 2.31. The molecule has 1 aromatic carbocycles. The highest BCUT2D eigenvalue weighted by molar-refractivity contribution is 5.92. The van der Waals surface area contributed by atoms with Crippen molar-refractivity contribution in [3.63, 3.8) is 0 Å². The maximum Gasteiger partial charge on any atom is 0.409 e. The summed E-state index contributed by atoms with van der Waals surface area (Å²) in [5, 5.41) is 0. The van der Waals surface area contributed by atoms with Crippen LogP contribution >= 0.6 is 0 Å². The van der Waals surface area contributed by atoms with Crippen molar-refractivity contribution in [3.8, 4) is 5.75 Å². The zero-order valence-corrected chi connectivity index (χ0v) is 10.5. The zero-order valence-electron chi connectivity index (χ0n) is 10.5.